The molecule has 3 heterocycles. The number of carbonyl (C=O) groups excluding carboxylic acids is 1. The van der Waals surface area contributed by atoms with Crippen LogP contribution in [0.4, 0.5) is 11.4 Å². The molecule has 0 saturated carbocycles. The highest BCUT2D eigenvalue weighted by Crippen LogP contribution is 2.21. The number of H-pyrrole nitrogens is 1. The summed E-state index contributed by atoms with van der Waals surface area (Å²) in [4.78, 5) is 36.3. The lowest BCUT2D eigenvalue weighted by molar-refractivity contribution is 0.102. The molecule has 1 aliphatic heterocycles. The van der Waals surface area contributed by atoms with Crippen LogP contribution in [0.3, 0.4) is 0 Å². The van der Waals surface area contributed by atoms with Crippen LogP contribution < -0.4 is 15.8 Å². The van der Waals surface area contributed by atoms with Crippen molar-refractivity contribution in [2.45, 2.75) is 6.92 Å². The maximum Gasteiger partial charge on any atom is 0.261 e. The van der Waals surface area contributed by atoms with Crippen molar-refractivity contribution in [3.8, 4) is 11.1 Å². The number of hydrogen-bond acceptors (Lipinski definition) is 5. The molecule has 0 unspecified atom stereocenters. The standard InChI is InChI=1S/C23H25N5O2/c1-2-27-11-13-28(14-12-27)20-5-3-19(4-6-20)26-23(30)21-15-18(16-25-22(21)29)17-7-9-24-10-8-17/h3-10,15-16H,2,11-14H2,1H3,(H,25,29)(H,26,30). The average molecular weight is 403 g/mol. The van der Waals surface area contributed by atoms with Gasteiger partial charge in [0.2, 0.25) is 0 Å². The van der Waals surface area contributed by atoms with Crippen molar-refractivity contribution < 1.29 is 4.79 Å². The number of hydrogen-bond donors (Lipinski definition) is 2. The summed E-state index contributed by atoms with van der Waals surface area (Å²) >= 11 is 0. The number of rotatable bonds is 5. The fraction of sp³-hybridized carbons (Fsp3) is 0.261. The van der Waals surface area contributed by atoms with Crippen LogP contribution in [0.2, 0.25) is 0 Å². The molecule has 2 aromatic heterocycles. The highest BCUT2D eigenvalue weighted by Gasteiger charge is 2.16. The Morgan fingerprint density at radius 3 is 2.40 bits per heavy atom. The van der Waals surface area contributed by atoms with Crippen molar-refractivity contribution in [2.24, 2.45) is 0 Å². The van der Waals surface area contributed by atoms with E-state index in [0.29, 0.717) is 5.69 Å². The van der Waals surface area contributed by atoms with Crippen LogP contribution in [0.1, 0.15) is 17.3 Å². The van der Waals surface area contributed by atoms with E-state index in [4.69, 9.17) is 0 Å². The smallest absolute Gasteiger partial charge is 0.261 e. The Bertz CT molecular complexity index is 1050. The lowest BCUT2D eigenvalue weighted by Crippen LogP contribution is -2.46. The Kier molecular flexibility index (Phi) is 5.90. The van der Waals surface area contributed by atoms with E-state index < -0.39 is 11.5 Å². The first-order valence-electron chi connectivity index (χ1n) is 10.2. The Balaban J connectivity index is 1.46. The van der Waals surface area contributed by atoms with Crippen molar-refractivity contribution in [3.63, 3.8) is 0 Å². The zero-order chi connectivity index (χ0) is 20.9. The van der Waals surface area contributed by atoms with Gasteiger partial charge in [-0.3, -0.25) is 14.6 Å². The molecule has 0 atom stereocenters. The molecule has 1 saturated heterocycles. The van der Waals surface area contributed by atoms with Crippen LogP contribution >= 0.6 is 0 Å². The van der Waals surface area contributed by atoms with Gasteiger partial charge in [-0.15, -0.1) is 0 Å². The third-order valence-electron chi connectivity index (χ3n) is 5.47. The normalized spacial score (nSPS) is 14.5. The summed E-state index contributed by atoms with van der Waals surface area (Å²) in [6, 6.07) is 13.0. The Hall–Kier alpha value is -3.45. The number of amides is 1. The highest BCUT2D eigenvalue weighted by atomic mass is 16.2. The number of anilines is 2. The number of likely N-dealkylation sites (N-methyl/N-ethyl adjacent to an activating group) is 1. The molecule has 4 rings (SSSR count). The predicted octanol–water partition coefficient (Wildman–Crippen LogP) is 2.83. The van der Waals surface area contributed by atoms with Gasteiger partial charge < -0.3 is 20.1 Å². The molecule has 1 aliphatic rings. The van der Waals surface area contributed by atoms with E-state index in [0.717, 1.165) is 49.5 Å². The van der Waals surface area contributed by atoms with Gasteiger partial charge in [0.15, 0.2) is 0 Å². The van der Waals surface area contributed by atoms with Gasteiger partial charge in [-0.2, -0.15) is 0 Å². The van der Waals surface area contributed by atoms with Gasteiger partial charge in [0.1, 0.15) is 5.56 Å². The summed E-state index contributed by atoms with van der Waals surface area (Å²) in [5, 5.41) is 2.83. The minimum absolute atomic E-state index is 0.0732. The largest absolute Gasteiger partial charge is 0.369 e. The lowest BCUT2D eigenvalue weighted by Gasteiger charge is -2.35. The summed E-state index contributed by atoms with van der Waals surface area (Å²) in [5.41, 5.74) is 3.08. The average Bonchev–Trinajstić information content (AvgIpc) is 2.80. The number of carbonyl (C=O) groups is 1. The third-order valence-corrected chi connectivity index (χ3v) is 5.47. The first-order valence-corrected chi connectivity index (χ1v) is 10.2. The van der Waals surface area contributed by atoms with Crippen LogP contribution in [-0.4, -0.2) is 53.5 Å². The van der Waals surface area contributed by atoms with Gasteiger partial charge >= 0.3 is 0 Å². The second kappa shape index (κ2) is 8.92. The number of nitrogens with one attached hydrogen (secondary N) is 2. The number of piperazine rings is 1. The zero-order valence-electron chi connectivity index (χ0n) is 17.0. The molecule has 0 aliphatic carbocycles. The molecule has 1 amide bonds. The first-order chi connectivity index (χ1) is 14.6. The van der Waals surface area contributed by atoms with E-state index in [1.54, 1.807) is 24.7 Å². The van der Waals surface area contributed by atoms with E-state index in [1.165, 1.54) is 0 Å². The molecular formula is C23H25N5O2. The van der Waals surface area contributed by atoms with Crippen molar-refractivity contribution in [1.82, 2.24) is 14.9 Å². The minimum atomic E-state index is -0.434. The summed E-state index contributed by atoms with van der Waals surface area (Å²) in [6.07, 6.45) is 4.94. The van der Waals surface area contributed by atoms with Crippen LogP contribution in [0, 0.1) is 0 Å². The SMILES string of the molecule is CCN1CCN(c2ccc(NC(=O)c3cc(-c4ccncc4)c[nH]c3=O)cc2)CC1. The summed E-state index contributed by atoms with van der Waals surface area (Å²) in [6.45, 7) is 7.38. The molecule has 0 spiro atoms. The number of aromatic amines is 1. The molecule has 1 fully saturated rings. The highest BCUT2D eigenvalue weighted by molar-refractivity contribution is 6.04. The summed E-state index contributed by atoms with van der Waals surface area (Å²) < 4.78 is 0. The quantitative estimate of drug-likeness (QED) is 0.685. The van der Waals surface area contributed by atoms with Gasteiger partial charge in [-0.25, -0.2) is 0 Å². The maximum atomic E-state index is 12.7. The predicted molar refractivity (Wildman–Crippen MR) is 119 cm³/mol. The molecule has 1 aromatic carbocycles. The van der Waals surface area contributed by atoms with Gasteiger partial charge in [-0.1, -0.05) is 6.92 Å². The van der Waals surface area contributed by atoms with Gasteiger partial charge in [0.05, 0.1) is 0 Å². The van der Waals surface area contributed by atoms with E-state index in [-0.39, 0.29) is 5.56 Å². The van der Waals surface area contributed by atoms with Crippen LogP contribution in [0.5, 0.6) is 0 Å². The topological polar surface area (TPSA) is 81.3 Å². The summed E-state index contributed by atoms with van der Waals surface area (Å²) in [5.74, 6) is -0.434. The number of pyridine rings is 2. The molecule has 0 radical (unpaired) electrons. The Labute approximate surface area is 175 Å². The Morgan fingerprint density at radius 1 is 1.03 bits per heavy atom. The van der Waals surface area contributed by atoms with Crippen molar-refractivity contribution in [3.05, 3.63) is 77.0 Å². The number of aromatic nitrogens is 2. The molecule has 3 aromatic rings. The maximum absolute atomic E-state index is 12.7. The minimum Gasteiger partial charge on any atom is -0.369 e. The third kappa shape index (κ3) is 4.41. The first kappa shape index (κ1) is 19.8. The van der Waals surface area contributed by atoms with Crippen LogP contribution in [-0.2, 0) is 0 Å². The molecule has 30 heavy (non-hydrogen) atoms. The Morgan fingerprint density at radius 2 is 1.73 bits per heavy atom. The fourth-order valence-corrected chi connectivity index (χ4v) is 3.64. The van der Waals surface area contributed by atoms with E-state index in [9.17, 15) is 9.59 Å². The van der Waals surface area contributed by atoms with E-state index in [2.05, 4.69) is 32.0 Å². The number of nitrogens with zero attached hydrogens (tertiary/aromatic N) is 3. The van der Waals surface area contributed by atoms with Gasteiger partial charge in [-0.05, 0) is 60.1 Å². The van der Waals surface area contributed by atoms with E-state index >= 15 is 0 Å². The molecule has 7 nitrogen and oxygen atoms in total. The molecule has 154 valence electrons. The second-order valence-electron chi connectivity index (χ2n) is 7.29. The monoisotopic (exact) mass is 403 g/mol. The van der Waals surface area contributed by atoms with Crippen molar-refractivity contribution >= 4 is 17.3 Å². The fourth-order valence-electron chi connectivity index (χ4n) is 3.64. The summed E-state index contributed by atoms with van der Waals surface area (Å²) in [7, 11) is 0. The number of benzene rings is 1. The molecular weight excluding hydrogens is 378 g/mol. The second-order valence-corrected chi connectivity index (χ2v) is 7.29. The van der Waals surface area contributed by atoms with Gasteiger partial charge in [0.25, 0.3) is 11.5 Å². The molecule has 2 N–H and O–H groups in total. The van der Waals surface area contributed by atoms with Crippen molar-refractivity contribution in [1.29, 1.82) is 0 Å². The van der Waals surface area contributed by atoms with Crippen LogP contribution in [0.15, 0.2) is 65.8 Å². The zero-order valence-corrected chi connectivity index (χ0v) is 17.0. The van der Waals surface area contributed by atoms with E-state index in [1.807, 2.05) is 36.4 Å². The molecule has 7 heteroatoms. The molecule has 0 bridgehead atoms. The van der Waals surface area contributed by atoms with Crippen LogP contribution in [0.25, 0.3) is 11.1 Å². The lowest BCUT2D eigenvalue weighted by atomic mass is 10.1. The van der Waals surface area contributed by atoms with Crippen molar-refractivity contribution in [2.75, 3.05) is 42.9 Å². The van der Waals surface area contributed by atoms with Gasteiger partial charge in [0, 0.05) is 56.1 Å².